The Morgan fingerprint density at radius 1 is 1.55 bits per heavy atom. The molecular formula is C7H7N3O. The number of nitrogens with zero attached hydrogens (tertiary/aromatic N) is 2. The molecule has 2 heterocycles. The summed E-state index contributed by atoms with van der Waals surface area (Å²) < 4.78 is 5.02. The van der Waals surface area contributed by atoms with E-state index in [9.17, 15) is 0 Å². The summed E-state index contributed by atoms with van der Waals surface area (Å²) in [7, 11) is 0. The first-order valence-corrected chi connectivity index (χ1v) is 3.26. The maximum absolute atomic E-state index is 5.38. The maximum Gasteiger partial charge on any atom is 0.220 e. The van der Waals surface area contributed by atoms with Crippen molar-refractivity contribution in [2.24, 2.45) is 0 Å². The van der Waals surface area contributed by atoms with Crippen molar-refractivity contribution in [3.05, 3.63) is 23.7 Å². The summed E-state index contributed by atoms with van der Waals surface area (Å²) in [4.78, 5) is 7.86. The van der Waals surface area contributed by atoms with E-state index in [0.29, 0.717) is 12.6 Å². The lowest BCUT2D eigenvalue weighted by Gasteiger charge is -2.09. The highest BCUT2D eigenvalue weighted by Gasteiger charge is 2.06. The molecule has 0 atom stereocenters. The molecule has 0 fully saturated rings. The van der Waals surface area contributed by atoms with E-state index in [4.69, 9.17) is 10.5 Å². The van der Waals surface area contributed by atoms with Crippen LogP contribution in [0.1, 0.15) is 11.3 Å². The number of rotatable bonds is 0. The molecule has 1 aliphatic heterocycles. The molecule has 11 heavy (non-hydrogen) atoms. The summed E-state index contributed by atoms with van der Waals surface area (Å²) in [5, 5.41) is 0. The van der Waals surface area contributed by atoms with Gasteiger partial charge in [0.05, 0.1) is 12.0 Å². The Morgan fingerprint density at radius 3 is 3.36 bits per heavy atom. The van der Waals surface area contributed by atoms with Crippen molar-refractivity contribution < 1.29 is 4.74 Å². The molecule has 0 unspecified atom stereocenters. The second-order valence-corrected chi connectivity index (χ2v) is 2.24. The second kappa shape index (κ2) is 2.23. The predicted octanol–water partition coefficient (Wildman–Crippen LogP) is 0.560. The molecule has 1 aromatic heterocycles. The van der Waals surface area contributed by atoms with Gasteiger partial charge in [-0.3, -0.25) is 0 Å². The van der Waals surface area contributed by atoms with Gasteiger partial charge in [0.25, 0.3) is 0 Å². The third-order valence-corrected chi connectivity index (χ3v) is 1.48. The van der Waals surface area contributed by atoms with E-state index in [1.54, 1.807) is 12.5 Å². The summed E-state index contributed by atoms with van der Waals surface area (Å²) in [6, 6.07) is 0. The van der Waals surface area contributed by atoms with Gasteiger partial charge in [-0.25, -0.2) is 9.97 Å². The summed E-state index contributed by atoms with van der Waals surface area (Å²) in [6.07, 6.45) is 5.14. The fourth-order valence-corrected chi connectivity index (χ4v) is 0.945. The van der Waals surface area contributed by atoms with E-state index in [-0.39, 0.29) is 0 Å². The Kier molecular flexibility index (Phi) is 1.25. The standard InChI is InChI=1S/C7H7N3O/c8-7-9-3-5-1-2-11-4-6(5)10-7/h1-3H,4H2,(H2,8,9,10). The lowest BCUT2D eigenvalue weighted by molar-refractivity contribution is 0.230. The zero-order chi connectivity index (χ0) is 7.68. The molecule has 0 spiro atoms. The van der Waals surface area contributed by atoms with Crippen molar-refractivity contribution in [2.75, 3.05) is 5.73 Å². The molecule has 0 radical (unpaired) electrons. The predicted molar refractivity (Wildman–Crippen MR) is 40.3 cm³/mol. The number of ether oxygens (including phenoxy) is 1. The second-order valence-electron chi connectivity index (χ2n) is 2.24. The van der Waals surface area contributed by atoms with Crippen LogP contribution < -0.4 is 5.73 Å². The Morgan fingerprint density at radius 2 is 2.45 bits per heavy atom. The SMILES string of the molecule is Nc1ncc2c(n1)COC=C2. The van der Waals surface area contributed by atoms with Gasteiger partial charge in [-0.2, -0.15) is 0 Å². The van der Waals surface area contributed by atoms with Crippen molar-refractivity contribution in [3.63, 3.8) is 0 Å². The zero-order valence-corrected chi connectivity index (χ0v) is 5.82. The number of aromatic nitrogens is 2. The molecule has 2 N–H and O–H groups in total. The molecular weight excluding hydrogens is 142 g/mol. The van der Waals surface area contributed by atoms with Gasteiger partial charge in [-0.15, -0.1) is 0 Å². The molecule has 0 amide bonds. The summed E-state index contributed by atoms with van der Waals surface area (Å²) in [6.45, 7) is 0.485. The van der Waals surface area contributed by atoms with Crippen LogP contribution in [0.4, 0.5) is 5.95 Å². The van der Waals surface area contributed by atoms with Crippen LogP contribution in [-0.2, 0) is 11.3 Å². The molecule has 0 saturated heterocycles. The monoisotopic (exact) mass is 149 g/mol. The Balaban J connectivity index is 2.53. The Hall–Kier alpha value is -1.58. The first-order valence-electron chi connectivity index (χ1n) is 3.26. The van der Waals surface area contributed by atoms with E-state index in [2.05, 4.69) is 9.97 Å². The molecule has 0 aliphatic carbocycles. The van der Waals surface area contributed by atoms with Crippen LogP contribution in [0.5, 0.6) is 0 Å². The summed E-state index contributed by atoms with van der Waals surface area (Å²) in [5.41, 5.74) is 7.20. The van der Waals surface area contributed by atoms with Gasteiger partial charge in [0, 0.05) is 11.8 Å². The molecule has 1 aromatic rings. The molecule has 1 aliphatic rings. The molecule has 4 heteroatoms. The Labute approximate surface area is 63.7 Å². The molecule has 0 bridgehead atoms. The van der Waals surface area contributed by atoms with Gasteiger partial charge in [-0.05, 0) is 6.08 Å². The third-order valence-electron chi connectivity index (χ3n) is 1.48. The number of nitrogen functional groups attached to an aromatic ring is 1. The van der Waals surface area contributed by atoms with Crippen molar-refractivity contribution in [1.82, 2.24) is 9.97 Å². The van der Waals surface area contributed by atoms with Crippen LogP contribution in [0.2, 0.25) is 0 Å². The molecule has 0 aromatic carbocycles. The topological polar surface area (TPSA) is 61.0 Å². The van der Waals surface area contributed by atoms with E-state index < -0.39 is 0 Å². The number of hydrogen-bond acceptors (Lipinski definition) is 4. The van der Waals surface area contributed by atoms with Crippen LogP contribution in [0.25, 0.3) is 6.08 Å². The van der Waals surface area contributed by atoms with E-state index in [1.807, 2.05) is 6.08 Å². The smallest absolute Gasteiger partial charge is 0.220 e. The van der Waals surface area contributed by atoms with E-state index >= 15 is 0 Å². The number of nitrogens with two attached hydrogens (primary N) is 1. The average molecular weight is 149 g/mol. The summed E-state index contributed by atoms with van der Waals surface area (Å²) in [5.74, 6) is 0.294. The number of anilines is 1. The van der Waals surface area contributed by atoms with Gasteiger partial charge in [0.15, 0.2) is 0 Å². The highest BCUT2D eigenvalue weighted by Crippen LogP contribution is 2.14. The van der Waals surface area contributed by atoms with Gasteiger partial charge in [0.1, 0.15) is 6.61 Å². The maximum atomic E-state index is 5.38. The third kappa shape index (κ3) is 1.02. The first kappa shape index (κ1) is 6.15. The first-order chi connectivity index (χ1) is 5.36. The fourth-order valence-electron chi connectivity index (χ4n) is 0.945. The van der Waals surface area contributed by atoms with Crippen LogP contribution in [0.3, 0.4) is 0 Å². The minimum atomic E-state index is 0.294. The van der Waals surface area contributed by atoms with E-state index in [0.717, 1.165) is 11.3 Å². The highest BCUT2D eigenvalue weighted by molar-refractivity contribution is 5.51. The van der Waals surface area contributed by atoms with Gasteiger partial charge < -0.3 is 10.5 Å². The van der Waals surface area contributed by atoms with Gasteiger partial charge in [0.2, 0.25) is 5.95 Å². The molecule has 2 rings (SSSR count). The fraction of sp³-hybridized carbons (Fsp3) is 0.143. The number of hydrogen-bond donors (Lipinski definition) is 1. The molecule has 56 valence electrons. The quantitative estimate of drug-likeness (QED) is 0.585. The minimum absolute atomic E-state index is 0.294. The van der Waals surface area contributed by atoms with E-state index in [1.165, 1.54) is 0 Å². The van der Waals surface area contributed by atoms with Crippen LogP contribution in [-0.4, -0.2) is 9.97 Å². The average Bonchev–Trinajstić information content (AvgIpc) is 2.04. The van der Waals surface area contributed by atoms with Crippen LogP contribution in [0, 0.1) is 0 Å². The van der Waals surface area contributed by atoms with Crippen LogP contribution >= 0.6 is 0 Å². The molecule has 4 nitrogen and oxygen atoms in total. The summed E-state index contributed by atoms with van der Waals surface area (Å²) >= 11 is 0. The highest BCUT2D eigenvalue weighted by atomic mass is 16.5. The lowest BCUT2D eigenvalue weighted by Crippen LogP contribution is -2.04. The van der Waals surface area contributed by atoms with Crippen molar-refractivity contribution in [2.45, 2.75) is 6.61 Å². The number of fused-ring (bicyclic) bond motifs is 1. The lowest BCUT2D eigenvalue weighted by atomic mass is 10.2. The van der Waals surface area contributed by atoms with Crippen molar-refractivity contribution in [1.29, 1.82) is 0 Å². The van der Waals surface area contributed by atoms with Crippen molar-refractivity contribution in [3.8, 4) is 0 Å². The zero-order valence-electron chi connectivity index (χ0n) is 5.82. The van der Waals surface area contributed by atoms with Crippen LogP contribution in [0.15, 0.2) is 12.5 Å². The molecule has 0 saturated carbocycles. The largest absolute Gasteiger partial charge is 0.495 e. The normalized spacial score (nSPS) is 13.8. The Bertz CT molecular complexity index is 309. The minimum Gasteiger partial charge on any atom is -0.495 e. The van der Waals surface area contributed by atoms with Crippen molar-refractivity contribution >= 4 is 12.0 Å². The van der Waals surface area contributed by atoms with Gasteiger partial charge >= 0.3 is 0 Å². The van der Waals surface area contributed by atoms with Gasteiger partial charge in [-0.1, -0.05) is 0 Å².